The molecule has 1 amide bonds. The second-order valence-corrected chi connectivity index (χ2v) is 8.85. The molecule has 2 aromatic rings. The van der Waals surface area contributed by atoms with E-state index >= 15 is 0 Å². The molecule has 0 aliphatic carbocycles. The first-order chi connectivity index (χ1) is 12.8. The van der Waals surface area contributed by atoms with Crippen molar-refractivity contribution in [3.8, 4) is 0 Å². The number of piperazine rings is 1. The Hall–Kier alpha value is -1.68. The third-order valence-corrected chi connectivity index (χ3v) is 6.88. The van der Waals surface area contributed by atoms with E-state index in [2.05, 4.69) is 10.1 Å². The Morgan fingerprint density at radius 1 is 1.19 bits per heavy atom. The Labute approximate surface area is 167 Å². The van der Waals surface area contributed by atoms with Crippen LogP contribution in [0.5, 0.6) is 0 Å². The Balaban J connectivity index is 1.57. The molecule has 0 atom stereocenters. The lowest BCUT2D eigenvalue weighted by Gasteiger charge is -2.34. The van der Waals surface area contributed by atoms with E-state index in [1.54, 1.807) is 11.8 Å². The Kier molecular flexibility index (Phi) is 6.05. The summed E-state index contributed by atoms with van der Waals surface area (Å²) in [5.41, 5.74) is 0. The fourth-order valence-corrected chi connectivity index (χ4v) is 4.59. The molecule has 1 saturated heterocycles. The van der Waals surface area contributed by atoms with Crippen LogP contribution in [0.25, 0.3) is 0 Å². The maximum Gasteiger partial charge on any atom is 0.243 e. The first-order valence-corrected chi connectivity index (χ1v) is 10.5. The van der Waals surface area contributed by atoms with Crippen LogP contribution in [0.4, 0.5) is 0 Å². The zero-order valence-corrected chi connectivity index (χ0v) is 16.9. The summed E-state index contributed by atoms with van der Waals surface area (Å²) in [7, 11) is -3.68. The number of rotatable bonds is 5. The number of aromatic nitrogens is 2. The number of nitrogens with zero attached hydrogens (tertiary/aromatic N) is 4. The van der Waals surface area contributed by atoms with Crippen LogP contribution in [0.2, 0.25) is 10.0 Å². The highest BCUT2D eigenvalue weighted by Gasteiger charge is 2.30. The Morgan fingerprint density at radius 2 is 1.89 bits per heavy atom. The number of benzene rings is 1. The number of hydrogen-bond acceptors (Lipinski definition) is 6. The van der Waals surface area contributed by atoms with E-state index in [4.69, 9.17) is 27.7 Å². The molecule has 0 radical (unpaired) electrons. The predicted octanol–water partition coefficient (Wildman–Crippen LogP) is 2.15. The number of aryl methyl sites for hydroxylation is 2. The Bertz CT molecular complexity index is 940. The summed E-state index contributed by atoms with van der Waals surface area (Å²) in [5.74, 6) is 0.873. The van der Waals surface area contributed by atoms with E-state index in [0.29, 0.717) is 36.2 Å². The van der Waals surface area contributed by atoms with Crippen LogP contribution in [-0.4, -0.2) is 59.8 Å². The van der Waals surface area contributed by atoms with Crippen molar-refractivity contribution in [2.45, 2.75) is 24.7 Å². The second-order valence-electron chi connectivity index (χ2n) is 6.10. The standard InChI is InChI=1S/C16H18Cl2N4O4S/c1-11-19-15(26-20-11)4-5-16(23)21-6-8-22(9-7-21)27(24,25)12-2-3-13(17)14(18)10-12/h2-3,10H,4-9H2,1H3. The Morgan fingerprint density at radius 3 is 2.48 bits per heavy atom. The van der Waals surface area contributed by atoms with Crippen molar-refractivity contribution in [2.75, 3.05) is 26.2 Å². The molecular formula is C16H18Cl2N4O4S. The SMILES string of the molecule is Cc1noc(CCC(=O)N2CCN(S(=O)(=O)c3ccc(Cl)c(Cl)c3)CC2)n1. The second kappa shape index (κ2) is 8.14. The van der Waals surface area contributed by atoms with Gasteiger partial charge in [0.1, 0.15) is 0 Å². The van der Waals surface area contributed by atoms with Crippen LogP contribution >= 0.6 is 23.2 Å². The van der Waals surface area contributed by atoms with Gasteiger partial charge in [-0.25, -0.2) is 8.42 Å². The van der Waals surface area contributed by atoms with E-state index in [1.807, 2.05) is 0 Å². The highest BCUT2D eigenvalue weighted by Crippen LogP contribution is 2.27. The van der Waals surface area contributed by atoms with Gasteiger partial charge in [-0.05, 0) is 25.1 Å². The summed E-state index contributed by atoms with van der Waals surface area (Å²) in [6, 6.07) is 4.21. The van der Waals surface area contributed by atoms with E-state index in [9.17, 15) is 13.2 Å². The topological polar surface area (TPSA) is 96.6 Å². The quantitative estimate of drug-likeness (QED) is 0.717. The summed E-state index contributed by atoms with van der Waals surface area (Å²) >= 11 is 11.8. The molecule has 8 nitrogen and oxygen atoms in total. The highest BCUT2D eigenvalue weighted by atomic mass is 35.5. The molecule has 1 aliphatic heterocycles. The lowest BCUT2D eigenvalue weighted by atomic mass is 10.2. The first kappa shape index (κ1) is 20.1. The van der Waals surface area contributed by atoms with E-state index in [-0.39, 0.29) is 35.3 Å². The van der Waals surface area contributed by atoms with Gasteiger partial charge in [-0.2, -0.15) is 9.29 Å². The molecule has 1 aliphatic rings. The van der Waals surface area contributed by atoms with Crippen LogP contribution < -0.4 is 0 Å². The fraction of sp³-hybridized carbons (Fsp3) is 0.438. The molecule has 0 saturated carbocycles. The molecule has 3 rings (SSSR count). The lowest BCUT2D eigenvalue weighted by Crippen LogP contribution is -2.50. The average molecular weight is 433 g/mol. The lowest BCUT2D eigenvalue weighted by molar-refractivity contribution is -0.132. The number of amides is 1. The summed E-state index contributed by atoms with van der Waals surface area (Å²) in [6.07, 6.45) is 0.600. The summed E-state index contributed by atoms with van der Waals surface area (Å²) in [4.78, 5) is 18.1. The minimum atomic E-state index is -3.68. The maximum atomic E-state index is 12.7. The maximum absolute atomic E-state index is 12.7. The van der Waals surface area contributed by atoms with Gasteiger partial charge in [-0.1, -0.05) is 28.4 Å². The van der Waals surface area contributed by atoms with Crippen LogP contribution in [0, 0.1) is 6.92 Å². The summed E-state index contributed by atoms with van der Waals surface area (Å²) in [5, 5.41) is 4.16. The number of carbonyl (C=O) groups is 1. The molecule has 2 heterocycles. The number of halogens is 2. The zero-order valence-electron chi connectivity index (χ0n) is 14.6. The van der Waals surface area contributed by atoms with Crippen molar-refractivity contribution < 1.29 is 17.7 Å². The third kappa shape index (κ3) is 4.60. The van der Waals surface area contributed by atoms with Crippen molar-refractivity contribution in [3.63, 3.8) is 0 Å². The van der Waals surface area contributed by atoms with Crippen molar-refractivity contribution in [1.82, 2.24) is 19.3 Å². The summed E-state index contributed by atoms with van der Waals surface area (Å²) < 4.78 is 31.8. The monoisotopic (exact) mass is 432 g/mol. The minimum Gasteiger partial charge on any atom is -0.340 e. The van der Waals surface area contributed by atoms with Gasteiger partial charge < -0.3 is 9.42 Å². The van der Waals surface area contributed by atoms with Gasteiger partial charge >= 0.3 is 0 Å². The summed E-state index contributed by atoms with van der Waals surface area (Å²) in [6.45, 7) is 2.79. The van der Waals surface area contributed by atoms with Gasteiger partial charge in [0.25, 0.3) is 0 Å². The molecule has 1 fully saturated rings. The first-order valence-electron chi connectivity index (χ1n) is 8.29. The van der Waals surface area contributed by atoms with Gasteiger partial charge in [-0.15, -0.1) is 0 Å². The average Bonchev–Trinajstić information content (AvgIpc) is 3.07. The van der Waals surface area contributed by atoms with Gasteiger partial charge in [0, 0.05) is 39.0 Å². The molecule has 27 heavy (non-hydrogen) atoms. The van der Waals surface area contributed by atoms with Gasteiger partial charge in [-0.3, -0.25) is 4.79 Å². The van der Waals surface area contributed by atoms with Gasteiger partial charge in [0.15, 0.2) is 5.82 Å². The molecule has 0 unspecified atom stereocenters. The smallest absolute Gasteiger partial charge is 0.243 e. The highest BCUT2D eigenvalue weighted by molar-refractivity contribution is 7.89. The molecule has 1 aromatic carbocycles. The molecule has 1 aromatic heterocycles. The fourth-order valence-electron chi connectivity index (χ4n) is 2.78. The van der Waals surface area contributed by atoms with Gasteiger partial charge in [0.2, 0.25) is 21.8 Å². The number of hydrogen-bond donors (Lipinski definition) is 0. The van der Waals surface area contributed by atoms with Crippen molar-refractivity contribution in [2.24, 2.45) is 0 Å². The largest absolute Gasteiger partial charge is 0.340 e. The van der Waals surface area contributed by atoms with Crippen LogP contribution in [0.1, 0.15) is 18.1 Å². The molecular weight excluding hydrogens is 415 g/mol. The molecule has 146 valence electrons. The molecule has 0 bridgehead atoms. The van der Waals surface area contributed by atoms with Gasteiger partial charge in [0.05, 0.1) is 14.9 Å². The molecule has 0 spiro atoms. The number of sulfonamides is 1. The van der Waals surface area contributed by atoms with Crippen LogP contribution in [0.15, 0.2) is 27.6 Å². The zero-order chi connectivity index (χ0) is 19.6. The van der Waals surface area contributed by atoms with Crippen molar-refractivity contribution in [1.29, 1.82) is 0 Å². The van der Waals surface area contributed by atoms with Crippen LogP contribution in [-0.2, 0) is 21.2 Å². The number of carbonyl (C=O) groups excluding carboxylic acids is 1. The van der Waals surface area contributed by atoms with E-state index in [0.717, 1.165) is 0 Å². The van der Waals surface area contributed by atoms with Crippen molar-refractivity contribution in [3.05, 3.63) is 40.0 Å². The molecule has 0 N–H and O–H groups in total. The molecule has 11 heteroatoms. The normalized spacial score (nSPS) is 15.9. The van der Waals surface area contributed by atoms with E-state index < -0.39 is 10.0 Å². The van der Waals surface area contributed by atoms with Crippen molar-refractivity contribution >= 4 is 39.1 Å². The predicted molar refractivity (Wildman–Crippen MR) is 99.2 cm³/mol. The third-order valence-electron chi connectivity index (χ3n) is 4.24. The minimum absolute atomic E-state index is 0.0718. The van der Waals surface area contributed by atoms with Crippen LogP contribution in [0.3, 0.4) is 0 Å². The van der Waals surface area contributed by atoms with E-state index in [1.165, 1.54) is 22.5 Å².